The molecule has 5 rings (SSSR count). The lowest BCUT2D eigenvalue weighted by Gasteiger charge is -2.35. The van der Waals surface area contributed by atoms with Crippen molar-refractivity contribution >= 4 is 17.1 Å². The third-order valence-corrected chi connectivity index (χ3v) is 7.04. The van der Waals surface area contributed by atoms with Gasteiger partial charge < -0.3 is 29.0 Å². The second-order valence-electron chi connectivity index (χ2n) is 10.1. The van der Waals surface area contributed by atoms with Crippen LogP contribution in [0, 0.1) is 0 Å². The first kappa shape index (κ1) is 26.6. The van der Waals surface area contributed by atoms with E-state index in [2.05, 4.69) is 26.9 Å². The van der Waals surface area contributed by atoms with E-state index in [0.717, 1.165) is 37.0 Å². The fraction of sp³-hybridized carbons (Fsp3) is 0.367. The average Bonchev–Trinajstić information content (AvgIpc) is 3.38. The quantitative estimate of drug-likeness (QED) is 0.326. The van der Waals surface area contributed by atoms with Gasteiger partial charge in [0.2, 0.25) is 0 Å². The van der Waals surface area contributed by atoms with Crippen LogP contribution in [0.2, 0.25) is 0 Å². The van der Waals surface area contributed by atoms with Crippen LogP contribution in [0.15, 0.2) is 60.8 Å². The van der Waals surface area contributed by atoms with Gasteiger partial charge in [-0.05, 0) is 88.4 Å². The first-order chi connectivity index (χ1) is 18.9. The first-order valence-electron chi connectivity index (χ1n) is 13.2. The third-order valence-electron chi connectivity index (χ3n) is 7.04. The number of likely N-dealkylation sites (tertiary alicyclic amines) is 1. The van der Waals surface area contributed by atoms with Crippen LogP contribution in [0.1, 0.15) is 30.1 Å². The maximum atomic E-state index is 13.1. The van der Waals surface area contributed by atoms with Crippen LogP contribution in [0.25, 0.3) is 22.6 Å². The summed E-state index contributed by atoms with van der Waals surface area (Å²) in [5.74, 6) is 2.53. The van der Waals surface area contributed by atoms with Gasteiger partial charge in [0.05, 0.1) is 12.1 Å². The standard InChI is InChI=1S/C30H35N5O4/c1-20(19-37-4)38-25-16-22(28-32-27-6-5-13-31-29(27)33-28)17-26(18-25)39-24-9-7-21(8-10-24)30(36)35(3)23-11-14-34(2)15-12-23/h5-10,13,16-18,20,23H,11-12,14-15,19H2,1-4H3,(H,31,32,33)/t20-/m0/s1. The van der Waals surface area contributed by atoms with Crippen molar-refractivity contribution < 1.29 is 19.0 Å². The number of nitrogens with zero attached hydrogens (tertiary/aromatic N) is 4. The highest BCUT2D eigenvalue weighted by Crippen LogP contribution is 2.33. The SMILES string of the molecule is COC[C@H](C)Oc1cc(Oc2ccc(C(=O)N(C)C3CCN(C)CC3)cc2)cc(-c2nc3ncccc3[nH]2)c1. The number of aromatic nitrogens is 3. The zero-order chi connectivity index (χ0) is 27.4. The molecule has 0 spiro atoms. The van der Waals surface area contributed by atoms with Gasteiger partial charge in [-0.2, -0.15) is 0 Å². The first-order valence-corrected chi connectivity index (χ1v) is 13.2. The number of fused-ring (bicyclic) bond motifs is 1. The van der Waals surface area contributed by atoms with E-state index in [1.165, 1.54) is 0 Å². The molecule has 0 radical (unpaired) electrons. The Morgan fingerprint density at radius 1 is 1.10 bits per heavy atom. The number of aromatic amines is 1. The van der Waals surface area contributed by atoms with Crippen molar-refractivity contribution in [3.8, 4) is 28.6 Å². The Morgan fingerprint density at radius 2 is 1.85 bits per heavy atom. The summed E-state index contributed by atoms with van der Waals surface area (Å²) in [5, 5.41) is 0. The number of pyridine rings is 1. The molecule has 4 aromatic rings. The Bertz CT molecular complexity index is 1380. The summed E-state index contributed by atoms with van der Waals surface area (Å²) in [7, 11) is 5.66. The van der Waals surface area contributed by atoms with Gasteiger partial charge in [0.25, 0.3) is 5.91 Å². The molecule has 1 aliphatic rings. The number of methoxy groups -OCH3 is 1. The molecule has 3 heterocycles. The highest BCUT2D eigenvalue weighted by atomic mass is 16.5. The minimum absolute atomic E-state index is 0.0272. The molecule has 9 heteroatoms. The smallest absolute Gasteiger partial charge is 0.253 e. The van der Waals surface area contributed by atoms with Gasteiger partial charge in [0, 0.05) is 43.6 Å². The van der Waals surface area contributed by atoms with E-state index in [-0.39, 0.29) is 18.1 Å². The Morgan fingerprint density at radius 3 is 2.56 bits per heavy atom. The van der Waals surface area contributed by atoms with E-state index in [0.29, 0.717) is 40.9 Å². The minimum atomic E-state index is -0.151. The number of rotatable bonds is 9. The van der Waals surface area contributed by atoms with Crippen LogP contribution >= 0.6 is 0 Å². The highest BCUT2D eigenvalue weighted by Gasteiger charge is 2.24. The molecular weight excluding hydrogens is 494 g/mol. The molecule has 204 valence electrons. The molecule has 0 aliphatic carbocycles. The van der Waals surface area contributed by atoms with Crippen molar-refractivity contribution in [3.05, 3.63) is 66.4 Å². The Hall–Kier alpha value is -3.95. The lowest BCUT2D eigenvalue weighted by molar-refractivity contribution is 0.0659. The average molecular weight is 530 g/mol. The number of nitrogens with one attached hydrogen (secondary N) is 1. The normalized spacial score (nSPS) is 15.3. The second-order valence-corrected chi connectivity index (χ2v) is 10.1. The number of imidazole rings is 1. The molecule has 1 atom stereocenters. The van der Waals surface area contributed by atoms with Crippen molar-refractivity contribution in [2.45, 2.75) is 31.9 Å². The summed E-state index contributed by atoms with van der Waals surface area (Å²) in [6, 6.07) is 17.0. The van der Waals surface area contributed by atoms with Crippen molar-refractivity contribution in [1.29, 1.82) is 0 Å². The molecule has 0 saturated carbocycles. The van der Waals surface area contributed by atoms with E-state index in [9.17, 15) is 4.79 Å². The van der Waals surface area contributed by atoms with Gasteiger partial charge in [-0.15, -0.1) is 0 Å². The summed E-state index contributed by atoms with van der Waals surface area (Å²) in [5.41, 5.74) is 2.93. The molecule has 1 amide bonds. The molecule has 2 aromatic carbocycles. The number of H-pyrrole nitrogens is 1. The largest absolute Gasteiger partial charge is 0.488 e. The van der Waals surface area contributed by atoms with Gasteiger partial charge in [0.15, 0.2) is 5.65 Å². The van der Waals surface area contributed by atoms with Gasteiger partial charge >= 0.3 is 0 Å². The number of piperidine rings is 1. The molecule has 1 saturated heterocycles. The van der Waals surface area contributed by atoms with Crippen molar-refractivity contribution in [1.82, 2.24) is 24.8 Å². The monoisotopic (exact) mass is 529 g/mol. The fourth-order valence-electron chi connectivity index (χ4n) is 4.87. The highest BCUT2D eigenvalue weighted by molar-refractivity contribution is 5.94. The molecule has 1 N–H and O–H groups in total. The van der Waals surface area contributed by atoms with Crippen molar-refractivity contribution in [2.75, 3.05) is 40.9 Å². The predicted molar refractivity (Wildman–Crippen MR) is 150 cm³/mol. The van der Waals surface area contributed by atoms with Crippen molar-refractivity contribution in [2.24, 2.45) is 0 Å². The van der Waals surface area contributed by atoms with E-state index >= 15 is 0 Å². The minimum Gasteiger partial charge on any atom is -0.488 e. The summed E-state index contributed by atoms with van der Waals surface area (Å²) >= 11 is 0. The molecule has 1 aliphatic heterocycles. The van der Waals surface area contributed by atoms with Crippen LogP contribution in [-0.2, 0) is 4.74 Å². The predicted octanol–water partition coefficient (Wildman–Crippen LogP) is 5.00. The number of benzene rings is 2. The zero-order valence-electron chi connectivity index (χ0n) is 22.9. The molecule has 0 unspecified atom stereocenters. The van der Waals surface area contributed by atoms with Crippen molar-refractivity contribution in [3.63, 3.8) is 0 Å². The Kier molecular flexibility index (Phi) is 8.09. The second kappa shape index (κ2) is 11.8. The summed E-state index contributed by atoms with van der Waals surface area (Å²) in [6.07, 6.45) is 3.55. The van der Waals surface area contributed by atoms with E-state index in [4.69, 9.17) is 14.2 Å². The topological polar surface area (TPSA) is 92.8 Å². The molecular formula is C30H35N5O4. The van der Waals surface area contributed by atoms with Gasteiger partial charge in [0.1, 0.15) is 29.2 Å². The molecule has 39 heavy (non-hydrogen) atoms. The summed E-state index contributed by atoms with van der Waals surface area (Å²) < 4.78 is 17.5. The molecule has 9 nitrogen and oxygen atoms in total. The Labute approximate surface area is 228 Å². The lowest BCUT2D eigenvalue weighted by Crippen LogP contribution is -2.44. The fourth-order valence-corrected chi connectivity index (χ4v) is 4.87. The number of hydrogen-bond acceptors (Lipinski definition) is 7. The van der Waals surface area contributed by atoms with E-state index in [1.807, 2.05) is 73.5 Å². The molecule has 2 aromatic heterocycles. The van der Waals surface area contributed by atoms with Gasteiger partial charge in [-0.1, -0.05) is 0 Å². The lowest BCUT2D eigenvalue weighted by atomic mass is 10.0. The van der Waals surface area contributed by atoms with Crippen LogP contribution < -0.4 is 9.47 Å². The Balaban J connectivity index is 1.36. The number of amides is 1. The number of carbonyl (C=O) groups is 1. The summed E-state index contributed by atoms with van der Waals surface area (Å²) in [6.45, 7) is 4.42. The maximum Gasteiger partial charge on any atom is 0.253 e. The van der Waals surface area contributed by atoms with Gasteiger partial charge in [-0.3, -0.25) is 4.79 Å². The maximum absolute atomic E-state index is 13.1. The molecule has 0 bridgehead atoms. The number of hydrogen-bond donors (Lipinski definition) is 1. The zero-order valence-corrected chi connectivity index (χ0v) is 22.9. The van der Waals surface area contributed by atoms with E-state index in [1.54, 1.807) is 13.3 Å². The molecule has 1 fully saturated rings. The summed E-state index contributed by atoms with van der Waals surface area (Å²) in [4.78, 5) is 29.5. The van der Waals surface area contributed by atoms with Crippen LogP contribution in [0.4, 0.5) is 0 Å². The van der Waals surface area contributed by atoms with Crippen LogP contribution in [-0.4, -0.2) is 83.7 Å². The van der Waals surface area contributed by atoms with Crippen LogP contribution in [0.5, 0.6) is 17.2 Å². The number of ether oxygens (including phenoxy) is 3. The third kappa shape index (κ3) is 6.38. The van der Waals surface area contributed by atoms with Gasteiger partial charge in [-0.25, -0.2) is 9.97 Å². The van der Waals surface area contributed by atoms with E-state index < -0.39 is 0 Å². The van der Waals surface area contributed by atoms with Crippen LogP contribution in [0.3, 0.4) is 0 Å². The number of carbonyl (C=O) groups excluding carboxylic acids is 1.